The quantitative estimate of drug-likeness (QED) is 0.122. The number of fused-ring (bicyclic) bond motifs is 2. The van der Waals surface area contributed by atoms with Crippen molar-refractivity contribution >= 4 is 0 Å². The average Bonchev–Trinajstić information content (AvgIpc) is 3.74. The first kappa shape index (κ1) is 44.5. The number of ether oxygens (including phenoxy) is 4. The molecule has 15 heteroatoms. The van der Waals surface area contributed by atoms with E-state index < -0.39 is 104 Å². The summed E-state index contributed by atoms with van der Waals surface area (Å²) in [6, 6.07) is 0. The van der Waals surface area contributed by atoms with Crippen molar-refractivity contribution in [1.29, 1.82) is 0 Å². The molecule has 5 saturated carbocycles. The number of rotatable bonds is 11. The van der Waals surface area contributed by atoms with Gasteiger partial charge in [0.05, 0.1) is 43.2 Å². The largest absolute Gasteiger partial charge is 0.394 e. The Bertz CT molecular complexity index is 1450. The van der Waals surface area contributed by atoms with Crippen LogP contribution in [0.4, 0.5) is 0 Å². The van der Waals surface area contributed by atoms with Gasteiger partial charge in [-0.1, -0.05) is 34.6 Å². The summed E-state index contributed by atoms with van der Waals surface area (Å²) >= 11 is 0. The lowest BCUT2D eigenvalue weighted by atomic mass is 9.41. The third-order valence-electron chi connectivity index (χ3n) is 17.8. The number of hydrogen-bond donors (Lipinski definition) is 11. The van der Waals surface area contributed by atoms with Crippen LogP contribution in [0.15, 0.2) is 0 Å². The normalized spacial score (nSPS) is 54.2. The first-order valence-corrected chi connectivity index (χ1v) is 21.5. The van der Waals surface area contributed by atoms with Gasteiger partial charge in [0.15, 0.2) is 12.6 Å². The Morgan fingerprint density at radius 1 is 0.702 bits per heavy atom. The molecule has 11 N–H and O–H groups in total. The summed E-state index contributed by atoms with van der Waals surface area (Å²) in [6.45, 7) is 13.2. The van der Waals surface area contributed by atoms with Crippen molar-refractivity contribution in [2.45, 2.75) is 198 Å². The molecule has 22 atom stereocenters. The van der Waals surface area contributed by atoms with Crippen LogP contribution in [0.5, 0.6) is 0 Å². The lowest BCUT2D eigenvalue weighted by Gasteiger charge is -2.64. The van der Waals surface area contributed by atoms with Gasteiger partial charge in [-0.3, -0.25) is 0 Å². The lowest BCUT2D eigenvalue weighted by molar-refractivity contribution is -0.331. The number of aliphatic hydroxyl groups excluding tert-OH is 11. The molecule has 7 rings (SSSR count). The zero-order chi connectivity index (χ0) is 42.0. The van der Waals surface area contributed by atoms with Crippen LogP contribution in [-0.4, -0.2) is 161 Å². The van der Waals surface area contributed by atoms with Crippen molar-refractivity contribution in [2.24, 2.45) is 50.7 Å². The maximum Gasteiger partial charge on any atom is 0.187 e. The monoisotopic (exact) mass is 816 g/mol. The minimum absolute atomic E-state index is 0.00849. The van der Waals surface area contributed by atoms with E-state index in [1.165, 1.54) is 0 Å². The van der Waals surface area contributed by atoms with E-state index in [0.29, 0.717) is 32.1 Å². The Kier molecular flexibility index (Phi) is 11.7. The Labute approximate surface area is 336 Å². The van der Waals surface area contributed by atoms with Crippen molar-refractivity contribution in [3.63, 3.8) is 0 Å². The van der Waals surface area contributed by atoms with Crippen molar-refractivity contribution < 1.29 is 75.1 Å². The molecule has 15 nitrogen and oxygen atoms in total. The zero-order valence-electron chi connectivity index (χ0n) is 34.7. The van der Waals surface area contributed by atoms with Gasteiger partial charge in [-0.2, -0.15) is 0 Å². The molecule has 22 unspecified atom stereocenters. The van der Waals surface area contributed by atoms with E-state index in [1.807, 2.05) is 0 Å². The molecule has 7 fully saturated rings. The highest BCUT2D eigenvalue weighted by molar-refractivity contribution is 5.32. The number of aliphatic hydroxyl groups is 11. The molecule has 7 aliphatic rings. The predicted molar refractivity (Wildman–Crippen MR) is 202 cm³/mol. The van der Waals surface area contributed by atoms with Gasteiger partial charge < -0.3 is 75.1 Å². The maximum absolute atomic E-state index is 12.4. The van der Waals surface area contributed by atoms with Gasteiger partial charge in [-0.25, -0.2) is 0 Å². The first-order valence-electron chi connectivity index (χ1n) is 21.5. The second-order valence-electron chi connectivity index (χ2n) is 21.1. The zero-order valence-corrected chi connectivity index (χ0v) is 34.7. The summed E-state index contributed by atoms with van der Waals surface area (Å²) in [5.74, 6) is 0.0281. The minimum atomic E-state index is -1.60. The molecule has 57 heavy (non-hydrogen) atoms. The lowest BCUT2D eigenvalue weighted by Crippen LogP contribution is -2.63. The smallest absolute Gasteiger partial charge is 0.187 e. The summed E-state index contributed by atoms with van der Waals surface area (Å²) in [5.41, 5.74) is -2.39. The summed E-state index contributed by atoms with van der Waals surface area (Å²) in [5, 5.41) is 118. The van der Waals surface area contributed by atoms with E-state index in [2.05, 4.69) is 34.6 Å². The highest BCUT2D eigenvalue weighted by Gasteiger charge is 2.84. The maximum atomic E-state index is 12.4. The molecule has 2 spiro atoms. The molecular formula is C42H72O15. The van der Waals surface area contributed by atoms with Crippen LogP contribution in [0.25, 0.3) is 0 Å². The molecule has 2 heterocycles. The molecule has 0 bridgehead atoms. The molecule has 330 valence electrons. The highest BCUT2D eigenvalue weighted by Crippen LogP contribution is 2.89. The first-order chi connectivity index (χ1) is 26.5. The molecule has 2 saturated heterocycles. The Morgan fingerprint density at radius 2 is 1.28 bits per heavy atom. The van der Waals surface area contributed by atoms with Gasteiger partial charge >= 0.3 is 0 Å². The van der Waals surface area contributed by atoms with Crippen LogP contribution < -0.4 is 0 Å². The third kappa shape index (κ3) is 6.54. The second kappa shape index (κ2) is 15.0. The molecule has 0 aromatic rings. The van der Waals surface area contributed by atoms with Gasteiger partial charge in [0.1, 0.15) is 48.8 Å². The molecule has 0 aromatic carbocycles. The third-order valence-corrected chi connectivity index (χ3v) is 17.8. The second-order valence-corrected chi connectivity index (χ2v) is 21.1. The Balaban J connectivity index is 1.03. The van der Waals surface area contributed by atoms with Crippen LogP contribution in [0.3, 0.4) is 0 Å². The summed E-state index contributed by atoms with van der Waals surface area (Å²) in [6.07, 6.45) is -10.1. The standard InChI is InChI=1S/C42H72O15/c1-19(8-9-25(47)38(4,5)57-36-33(53)31(51)29(49)23(17-44)55-36)27-21(46)15-40(7)34-20(45)14-24-37(2,3)26(56-35-32(52)30(50)28(48)22(16-43)54-35)10-11-41(24)18-42(34,41)13-12-39(27,40)6/h19-36,43-53H,8-18H2,1-7H3. The minimum Gasteiger partial charge on any atom is -0.394 e. The Hall–Kier alpha value is -0.600. The van der Waals surface area contributed by atoms with Gasteiger partial charge in [0, 0.05) is 0 Å². The molecule has 5 aliphatic carbocycles. The molecule has 0 radical (unpaired) electrons. The fraction of sp³-hybridized carbons (Fsp3) is 1.00. The van der Waals surface area contributed by atoms with Crippen LogP contribution in [0, 0.1) is 50.7 Å². The summed E-state index contributed by atoms with van der Waals surface area (Å²) in [7, 11) is 0. The molecule has 0 amide bonds. The van der Waals surface area contributed by atoms with E-state index in [9.17, 15) is 56.2 Å². The van der Waals surface area contributed by atoms with Crippen molar-refractivity contribution in [3.05, 3.63) is 0 Å². The van der Waals surface area contributed by atoms with Gasteiger partial charge in [0.2, 0.25) is 0 Å². The Morgan fingerprint density at radius 3 is 1.88 bits per heavy atom. The van der Waals surface area contributed by atoms with Crippen molar-refractivity contribution in [1.82, 2.24) is 0 Å². The van der Waals surface area contributed by atoms with Gasteiger partial charge in [-0.15, -0.1) is 0 Å². The predicted octanol–water partition coefficient (Wildman–Crippen LogP) is -0.0755. The van der Waals surface area contributed by atoms with Crippen LogP contribution in [-0.2, 0) is 18.9 Å². The van der Waals surface area contributed by atoms with E-state index in [0.717, 1.165) is 25.7 Å². The van der Waals surface area contributed by atoms with Crippen LogP contribution >= 0.6 is 0 Å². The van der Waals surface area contributed by atoms with Crippen molar-refractivity contribution in [2.75, 3.05) is 13.2 Å². The van der Waals surface area contributed by atoms with E-state index in [4.69, 9.17) is 18.9 Å². The topological polar surface area (TPSA) is 259 Å². The van der Waals surface area contributed by atoms with Crippen LogP contribution in [0.2, 0.25) is 0 Å². The van der Waals surface area contributed by atoms with E-state index in [1.54, 1.807) is 13.8 Å². The SMILES string of the molecule is CC(CCC(O)C(C)(C)OC1OC(CO)C(O)C(O)C1O)C1C(O)CC2(C)C3C(O)CC4C(C)(C)C(OC5OC(CO)C(O)C(O)C5O)CCC45CC35CCC12C. The average molecular weight is 817 g/mol. The van der Waals surface area contributed by atoms with Crippen LogP contribution in [0.1, 0.15) is 106 Å². The summed E-state index contributed by atoms with van der Waals surface area (Å²) in [4.78, 5) is 0. The van der Waals surface area contributed by atoms with E-state index in [-0.39, 0.29) is 51.4 Å². The highest BCUT2D eigenvalue weighted by atomic mass is 16.7. The van der Waals surface area contributed by atoms with Crippen molar-refractivity contribution in [3.8, 4) is 0 Å². The summed E-state index contributed by atoms with van der Waals surface area (Å²) < 4.78 is 23.7. The molecular weight excluding hydrogens is 744 g/mol. The van der Waals surface area contributed by atoms with Gasteiger partial charge in [0.25, 0.3) is 0 Å². The number of hydrogen-bond acceptors (Lipinski definition) is 15. The van der Waals surface area contributed by atoms with E-state index >= 15 is 0 Å². The molecule has 2 aliphatic heterocycles. The molecule has 0 aromatic heterocycles. The fourth-order valence-corrected chi connectivity index (χ4v) is 14.5. The van der Waals surface area contributed by atoms with Gasteiger partial charge in [-0.05, 0) is 122 Å². The fourth-order valence-electron chi connectivity index (χ4n) is 14.5.